The molecule has 0 bridgehead atoms. The van der Waals surface area contributed by atoms with E-state index < -0.39 is 0 Å². The molecule has 5 heteroatoms. The molecule has 1 aliphatic carbocycles. The summed E-state index contributed by atoms with van der Waals surface area (Å²) in [6.07, 6.45) is 5.23. The van der Waals surface area contributed by atoms with E-state index in [1.165, 1.54) is 53.5 Å². The largest absolute Gasteiger partial charge is 0.383 e. The van der Waals surface area contributed by atoms with Gasteiger partial charge in [-0.25, -0.2) is 0 Å². The van der Waals surface area contributed by atoms with Gasteiger partial charge in [-0.2, -0.15) is 16.1 Å². The molecule has 0 radical (unpaired) electrons. The third kappa shape index (κ3) is 2.40. The van der Waals surface area contributed by atoms with Gasteiger partial charge in [0, 0.05) is 16.9 Å². The number of aromatic nitrogens is 1. The number of rotatable bonds is 4. The van der Waals surface area contributed by atoms with Crippen LogP contribution in [0.4, 0.5) is 10.8 Å². The maximum atomic E-state index is 5.95. The van der Waals surface area contributed by atoms with Crippen LogP contribution in [0.5, 0.6) is 0 Å². The Hall–Kier alpha value is -0.420. The molecule has 1 unspecified atom stereocenters. The van der Waals surface area contributed by atoms with Gasteiger partial charge in [-0.1, -0.05) is 0 Å². The van der Waals surface area contributed by atoms with E-state index in [0.29, 0.717) is 10.7 Å². The first-order chi connectivity index (χ1) is 8.18. The van der Waals surface area contributed by atoms with Crippen molar-refractivity contribution < 1.29 is 0 Å². The molecule has 1 saturated carbocycles. The van der Waals surface area contributed by atoms with Gasteiger partial charge in [0.25, 0.3) is 0 Å². The summed E-state index contributed by atoms with van der Waals surface area (Å²) in [6, 6.07) is 0. The van der Waals surface area contributed by atoms with Crippen molar-refractivity contribution in [2.75, 3.05) is 23.3 Å². The average Bonchev–Trinajstić information content (AvgIpc) is 2.94. The molecule has 2 fully saturated rings. The van der Waals surface area contributed by atoms with E-state index >= 15 is 0 Å². The van der Waals surface area contributed by atoms with Crippen molar-refractivity contribution in [3.8, 4) is 0 Å². The minimum atomic E-state index is 0.402. The predicted octanol–water partition coefficient (Wildman–Crippen LogP) is 3.30. The van der Waals surface area contributed by atoms with Crippen LogP contribution in [0.3, 0.4) is 0 Å². The van der Waals surface area contributed by atoms with Gasteiger partial charge in [-0.05, 0) is 55.8 Å². The summed E-state index contributed by atoms with van der Waals surface area (Å²) in [6.45, 7) is 3.40. The Labute approximate surface area is 111 Å². The lowest BCUT2D eigenvalue weighted by molar-refractivity contribution is 0.635. The SMILES string of the molecule is CC1(CNc2snc(N)c2C2CC2)CCCS1. The number of thioether (sulfide) groups is 1. The Balaban J connectivity index is 1.68. The fraction of sp³-hybridized carbons (Fsp3) is 0.750. The molecule has 17 heavy (non-hydrogen) atoms. The summed E-state index contributed by atoms with van der Waals surface area (Å²) in [5, 5.41) is 4.81. The van der Waals surface area contributed by atoms with Gasteiger partial charge in [-0.3, -0.25) is 0 Å². The summed E-state index contributed by atoms with van der Waals surface area (Å²) in [4.78, 5) is 0. The van der Waals surface area contributed by atoms with E-state index in [1.807, 2.05) is 0 Å². The fourth-order valence-corrected chi connectivity index (χ4v) is 4.49. The van der Waals surface area contributed by atoms with Gasteiger partial charge >= 0.3 is 0 Å². The van der Waals surface area contributed by atoms with Crippen molar-refractivity contribution >= 4 is 34.1 Å². The van der Waals surface area contributed by atoms with Gasteiger partial charge in [-0.15, -0.1) is 0 Å². The van der Waals surface area contributed by atoms with Crippen LogP contribution in [0.25, 0.3) is 0 Å². The normalized spacial score (nSPS) is 28.5. The van der Waals surface area contributed by atoms with Crippen LogP contribution in [0.15, 0.2) is 0 Å². The molecule has 0 aromatic carbocycles. The highest BCUT2D eigenvalue weighted by Gasteiger charge is 2.33. The summed E-state index contributed by atoms with van der Waals surface area (Å²) < 4.78 is 4.70. The molecule has 3 nitrogen and oxygen atoms in total. The Morgan fingerprint density at radius 3 is 3.00 bits per heavy atom. The third-order valence-corrected chi connectivity index (χ3v) is 6.04. The Kier molecular flexibility index (Phi) is 2.99. The second-order valence-electron chi connectivity index (χ2n) is 5.34. The number of nitrogen functional groups attached to an aromatic ring is 1. The number of hydrogen-bond acceptors (Lipinski definition) is 5. The van der Waals surface area contributed by atoms with Crippen LogP contribution in [0, 0.1) is 0 Å². The van der Waals surface area contributed by atoms with Crippen molar-refractivity contribution in [2.45, 2.75) is 43.3 Å². The van der Waals surface area contributed by atoms with Crippen molar-refractivity contribution in [3.05, 3.63) is 5.56 Å². The van der Waals surface area contributed by atoms with Gasteiger partial charge in [0.05, 0.1) is 0 Å². The second kappa shape index (κ2) is 4.35. The van der Waals surface area contributed by atoms with E-state index in [0.717, 1.165) is 12.4 Å². The quantitative estimate of drug-likeness (QED) is 0.880. The summed E-state index contributed by atoms with van der Waals surface area (Å²) in [5.41, 5.74) is 7.25. The predicted molar refractivity (Wildman–Crippen MR) is 77.1 cm³/mol. The molecule has 0 spiro atoms. The van der Waals surface area contributed by atoms with E-state index in [9.17, 15) is 0 Å². The number of hydrogen-bond donors (Lipinski definition) is 2. The minimum Gasteiger partial charge on any atom is -0.383 e. The van der Waals surface area contributed by atoms with Crippen LogP contribution in [-0.2, 0) is 0 Å². The topological polar surface area (TPSA) is 50.9 Å². The maximum absolute atomic E-state index is 5.95. The third-order valence-electron chi connectivity index (χ3n) is 3.66. The molecule has 94 valence electrons. The first-order valence-corrected chi connectivity index (χ1v) is 8.07. The first-order valence-electron chi connectivity index (χ1n) is 6.31. The van der Waals surface area contributed by atoms with E-state index in [4.69, 9.17) is 5.73 Å². The highest BCUT2D eigenvalue weighted by molar-refractivity contribution is 8.00. The van der Waals surface area contributed by atoms with Crippen LogP contribution in [0.1, 0.15) is 44.1 Å². The summed E-state index contributed by atoms with van der Waals surface area (Å²) in [5.74, 6) is 2.74. The zero-order valence-corrected chi connectivity index (χ0v) is 11.8. The molecule has 1 aromatic heterocycles. The fourth-order valence-electron chi connectivity index (χ4n) is 2.45. The highest BCUT2D eigenvalue weighted by Crippen LogP contribution is 2.48. The van der Waals surface area contributed by atoms with Crippen molar-refractivity contribution in [3.63, 3.8) is 0 Å². The monoisotopic (exact) mass is 269 g/mol. The highest BCUT2D eigenvalue weighted by atomic mass is 32.2. The Morgan fingerprint density at radius 1 is 1.53 bits per heavy atom. The molecule has 3 rings (SSSR count). The smallest absolute Gasteiger partial charge is 0.142 e. The van der Waals surface area contributed by atoms with Crippen LogP contribution in [-0.4, -0.2) is 21.4 Å². The van der Waals surface area contributed by atoms with Gasteiger partial charge in [0.1, 0.15) is 10.8 Å². The van der Waals surface area contributed by atoms with Gasteiger partial charge in [0.15, 0.2) is 0 Å². The van der Waals surface area contributed by atoms with Crippen molar-refractivity contribution in [1.82, 2.24) is 4.37 Å². The molecule has 1 saturated heterocycles. The number of anilines is 2. The molecule has 0 amide bonds. The average molecular weight is 269 g/mol. The number of nitrogens with two attached hydrogens (primary N) is 1. The zero-order chi connectivity index (χ0) is 11.9. The molecule has 1 aromatic rings. The molecule has 2 heterocycles. The van der Waals surface area contributed by atoms with Crippen molar-refractivity contribution in [1.29, 1.82) is 0 Å². The number of nitrogens with one attached hydrogen (secondary N) is 1. The van der Waals surface area contributed by atoms with E-state index in [2.05, 4.69) is 28.4 Å². The molecule has 2 aliphatic rings. The molecular formula is C12H19N3S2. The maximum Gasteiger partial charge on any atom is 0.142 e. The van der Waals surface area contributed by atoms with Crippen LogP contribution < -0.4 is 11.1 Å². The van der Waals surface area contributed by atoms with Crippen molar-refractivity contribution in [2.24, 2.45) is 0 Å². The number of nitrogens with zero attached hydrogens (tertiary/aromatic N) is 1. The standard InChI is InChI=1S/C12H19N3S2/c1-12(5-2-6-16-12)7-14-11-9(8-3-4-8)10(13)15-17-11/h8,14H,2-7H2,1H3,(H2,13,15). The van der Waals surface area contributed by atoms with E-state index in [-0.39, 0.29) is 0 Å². The summed E-state index contributed by atoms with van der Waals surface area (Å²) >= 11 is 3.62. The Bertz CT molecular complexity index is 406. The zero-order valence-electron chi connectivity index (χ0n) is 10.2. The minimum absolute atomic E-state index is 0.402. The van der Waals surface area contributed by atoms with Crippen LogP contribution >= 0.6 is 23.3 Å². The second-order valence-corrected chi connectivity index (χ2v) is 7.80. The Morgan fingerprint density at radius 2 is 2.35 bits per heavy atom. The van der Waals surface area contributed by atoms with E-state index in [1.54, 1.807) is 0 Å². The van der Waals surface area contributed by atoms with Gasteiger partial charge in [0.2, 0.25) is 0 Å². The lowest BCUT2D eigenvalue weighted by atomic mass is 10.1. The lowest BCUT2D eigenvalue weighted by Gasteiger charge is -2.23. The van der Waals surface area contributed by atoms with Gasteiger partial charge < -0.3 is 11.1 Å². The molecule has 1 atom stereocenters. The molecular weight excluding hydrogens is 250 g/mol. The molecule has 3 N–H and O–H groups in total. The lowest BCUT2D eigenvalue weighted by Crippen LogP contribution is -2.27. The first kappa shape index (κ1) is 11.7. The summed E-state index contributed by atoms with van der Waals surface area (Å²) in [7, 11) is 0. The molecule has 1 aliphatic heterocycles. The van der Waals surface area contributed by atoms with Crippen LogP contribution in [0.2, 0.25) is 0 Å².